The number of piperidine rings is 1. The van der Waals surface area contributed by atoms with Crippen molar-refractivity contribution >= 4 is 39.1 Å². The quantitative estimate of drug-likeness (QED) is 0.0455. The number of rotatable bonds is 26. The highest BCUT2D eigenvalue weighted by Crippen LogP contribution is 2.31. The van der Waals surface area contributed by atoms with Crippen molar-refractivity contribution in [1.82, 2.24) is 120 Å². The number of alkyl halides is 8. The van der Waals surface area contributed by atoms with Gasteiger partial charge in [-0.1, -0.05) is 130 Å². The molecule has 36 nitrogen and oxygen atoms in total. The Morgan fingerprint density at radius 2 is 0.706 bits per heavy atom. The largest absolute Gasteiger partial charge is 0.460 e. The molecule has 18 rings (SSSR count). The van der Waals surface area contributed by atoms with Gasteiger partial charge in [0.05, 0.1) is 68.8 Å². The van der Waals surface area contributed by atoms with E-state index in [1.165, 1.54) is 145 Å². The second-order valence-electron chi connectivity index (χ2n) is 27.7. The number of hydrogen-bond donors (Lipinski definition) is 0. The molecule has 47 heteroatoms. The Balaban J connectivity index is 0.000000130. The average Bonchev–Trinajstić information content (AvgIpc) is 1.28. The molecule has 3 aliphatic heterocycles. The van der Waals surface area contributed by atoms with E-state index in [1.807, 2.05) is 91.0 Å². The number of halogens is 8. The number of anilines is 1. The van der Waals surface area contributed by atoms with Crippen LogP contribution < -0.4 is 46.1 Å². The van der Waals surface area contributed by atoms with Crippen molar-refractivity contribution in [2.45, 2.75) is 69.1 Å². The first-order valence-corrected chi connectivity index (χ1v) is 40.4. The Bertz CT molecular complexity index is 6190. The van der Waals surface area contributed by atoms with Crippen LogP contribution in [0.5, 0.6) is 24.0 Å². The minimum atomic E-state index is -4.48. The van der Waals surface area contributed by atoms with Crippen LogP contribution >= 0.6 is 34.0 Å². The van der Waals surface area contributed by atoms with Crippen LogP contribution in [-0.4, -0.2) is 209 Å². The number of nitrogens with zero attached hydrogens (tertiary/aromatic N) is 25. The maximum atomic E-state index is 13.9. The van der Waals surface area contributed by atoms with Gasteiger partial charge in [0.2, 0.25) is 16.8 Å². The molecule has 0 spiro atoms. The molecule has 0 atom stereocenters. The molecule has 15 heterocycles. The SMILES string of the molecule is O=c1ccc(-c2cnc(OCC(F)(F)F)nc2)nn1Cc1nnc(-c2ccccc2)s1.O=c1ccc(-c2cnc(OCC(F)(F)F)nc2)nn1Cc1nnc(N2CCCCC2)s1.O=c1ccc(-c2cnc(OCC3(F)COC3)nc2)nn1Cc1nc(-c2ccccc2)no1.O=c1ccc(-c2cnc(OCC3(F)COC3)nc2)nn1Cc1nnc(-c2ccccc2)s1. The normalized spacial score (nSPS) is 13.9. The molecule has 12 aromatic heterocycles. The summed E-state index contributed by atoms with van der Waals surface area (Å²) < 4.78 is 141. The third-order valence-corrected chi connectivity index (χ3v) is 20.8. The van der Waals surface area contributed by atoms with E-state index in [9.17, 15) is 54.3 Å². The van der Waals surface area contributed by atoms with Crippen LogP contribution in [0.2, 0.25) is 0 Å². The van der Waals surface area contributed by atoms with Crippen LogP contribution in [0.25, 0.3) is 77.6 Å². The highest BCUT2D eigenvalue weighted by Gasteiger charge is 2.41. The van der Waals surface area contributed by atoms with E-state index in [1.54, 1.807) is 12.1 Å². The summed E-state index contributed by atoms with van der Waals surface area (Å²) in [6.07, 6.45) is 5.63. The van der Waals surface area contributed by atoms with Gasteiger partial charge >= 0.3 is 36.4 Å². The number of benzene rings is 3. The van der Waals surface area contributed by atoms with Gasteiger partial charge in [-0.15, -0.1) is 30.6 Å². The number of ether oxygens (including phenoxy) is 6. The molecule has 0 aliphatic carbocycles. The van der Waals surface area contributed by atoms with E-state index in [-0.39, 0.29) is 106 Å². The first kappa shape index (κ1) is 86.6. The fraction of sp³-hybridized carbons (Fsp3) is 0.266. The number of aromatic nitrogens is 24. The Labute approximate surface area is 716 Å². The lowest BCUT2D eigenvalue weighted by Crippen LogP contribution is -2.50. The van der Waals surface area contributed by atoms with Crippen molar-refractivity contribution in [2.24, 2.45) is 0 Å². The second-order valence-corrected chi connectivity index (χ2v) is 30.8. The van der Waals surface area contributed by atoms with Gasteiger partial charge in [-0.2, -0.15) is 51.7 Å². The minimum Gasteiger partial charge on any atom is -0.460 e. The topological polar surface area (TPSA) is 418 Å². The molecule has 0 radical (unpaired) electrons. The Morgan fingerprint density at radius 1 is 0.373 bits per heavy atom. The molecular formula is C79H65F8N25O11S3. The summed E-state index contributed by atoms with van der Waals surface area (Å²) in [5.74, 6) is 0.674. The van der Waals surface area contributed by atoms with Crippen LogP contribution in [0, 0.1) is 0 Å². The van der Waals surface area contributed by atoms with Gasteiger partial charge in [-0.05, 0) is 43.5 Å². The zero-order valence-corrected chi connectivity index (χ0v) is 67.8. The maximum absolute atomic E-state index is 13.9. The first-order chi connectivity index (χ1) is 60.9. The molecular weight excluding hydrogens is 1720 g/mol. The van der Waals surface area contributed by atoms with Crippen LogP contribution in [0.15, 0.2) is 213 Å². The molecule has 0 saturated carbocycles. The van der Waals surface area contributed by atoms with E-state index < -0.39 is 48.9 Å². The van der Waals surface area contributed by atoms with Gasteiger partial charge in [-0.3, -0.25) is 19.2 Å². The van der Waals surface area contributed by atoms with Crippen molar-refractivity contribution in [2.75, 3.05) is 70.8 Å². The summed E-state index contributed by atoms with van der Waals surface area (Å²) in [7, 11) is 0. The maximum Gasteiger partial charge on any atom is 0.422 e. The first-order valence-electron chi connectivity index (χ1n) is 37.9. The molecule has 3 fully saturated rings. The third kappa shape index (κ3) is 23.7. The van der Waals surface area contributed by atoms with Crippen LogP contribution in [0.3, 0.4) is 0 Å². The summed E-state index contributed by atoms with van der Waals surface area (Å²) in [5.41, 5.74) is 2.21. The van der Waals surface area contributed by atoms with Gasteiger partial charge in [0.1, 0.15) is 44.8 Å². The van der Waals surface area contributed by atoms with E-state index in [4.69, 9.17) is 23.5 Å². The van der Waals surface area contributed by atoms with Gasteiger partial charge in [0.25, 0.3) is 22.2 Å². The van der Waals surface area contributed by atoms with Gasteiger partial charge in [-0.25, -0.2) is 67.4 Å². The molecule has 3 aliphatic rings. The van der Waals surface area contributed by atoms with Gasteiger partial charge in [0, 0.05) is 126 Å². The highest BCUT2D eigenvalue weighted by atomic mass is 32.1. The van der Waals surface area contributed by atoms with Crippen LogP contribution in [0.1, 0.15) is 40.2 Å². The van der Waals surface area contributed by atoms with Gasteiger partial charge < -0.3 is 37.8 Å². The van der Waals surface area contributed by atoms with Crippen LogP contribution in [0.4, 0.5) is 40.3 Å². The smallest absolute Gasteiger partial charge is 0.422 e. The van der Waals surface area contributed by atoms with Crippen molar-refractivity contribution < 1.29 is 68.1 Å². The van der Waals surface area contributed by atoms with E-state index in [0.717, 1.165) is 57.8 Å². The van der Waals surface area contributed by atoms with Crippen molar-refractivity contribution in [3.05, 3.63) is 251 Å². The predicted octanol–water partition coefficient (Wildman–Crippen LogP) is 10.0. The Morgan fingerprint density at radius 3 is 1.06 bits per heavy atom. The summed E-state index contributed by atoms with van der Waals surface area (Å²) in [4.78, 5) is 86.9. The molecule has 0 unspecified atom stereocenters. The molecule has 0 bridgehead atoms. The predicted molar refractivity (Wildman–Crippen MR) is 434 cm³/mol. The number of hydrogen-bond acceptors (Lipinski definition) is 35. The Hall–Kier alpha value is -14.3. The third-order valence-electron chi connectivity index (χ3n) is 18.0. The van der Waals surface area contributed by atoms with Crippen molar-refractivity contribution in [1.29, 1.82) is 0 Å². The Kier molecular flexibility index (Phi) is 27.1. The average molecular weight is 1790 g/mol. The molecule has 0 N–H and O–H groups in total. The molecule has 15 aromatic rings. The summed E-state index contributed by atoms with van der Waals surface area (Å²) in [6.45, 7) is -0.892. The standard InChI is InChI=1S/C21H17FN6O4.C21H17FN6O3S.C19H13F3N6O2S.C18H18F3N7O2S/c22-21(11-30-12-21)13-31-20-23-8-15(9-24-20)16-6-7-18(29)28(26-16)10-17-25-19(27-32-17)14-4-2-1-3-5-14;22-21(11-30-12-21)13-31-20-23-8-15(9-24-20)16-6-7-18(29)28(27-16)10-17-25-26-19(32-17)14-4-2-1-3-5-14;20-19(21,22)11-30-18-23-8-13(9-24-18)14-6-7-16(29)28(27-14)10-15-25-26-17(31-15)12-4-2-1-3-5-12;19-18(20,21)11-30-16-22-8-12(9-23-16)13-4-5-15(29)28(26-13)10-14-24-25-17(31-14)27-6-2-1-3-7-27/h2*1-9H,10-13H2;1-9H,10-11H2;4-5,8-9H,1-3,6-7,10-11H2. The lowest BCUT2D eigenvalue weighted by molar-refractivity contribution is -0.155. The monoisotopic (exact) mass is 1790 g/mol. The van der Waals surface area contributed by atoms with Gasteiger partial charge in [0.15, 0.2) is 24.6 Å². The molecule has 3 saturated heterocycles. The molecule has 646 valence electrons. The van der Waals surface area contributed by atoms with Crippen LogP contribution in [-0.2, 0) is 35.7 Å². The summed E-state index contributed by atoms with van der Waals surface area (Å²) in [5, 5.41) is 50.6. The fourth-order valence-electron chi connectivity index (χ4n) is 11.5. The van der Waals surface area contributed by atoms with E-state index in [0.29, 0.717) is 65.9 Å². The zero-order valence-electron chi connectivity index (χ0n) is 65.3. The van der Waals surface area contributed by atoms with E-state index >= 15 is 0 Å². The molecule has 126 heavy (non-hydrogen) atoms. The lowest BCUT2D eigenvalue weighted by atomic mass is 10.1. The van der Waals surface area contributed by atoms with Crippen molar-refractivity contribution in [3.63, 3.8) is 0 Å². The summed E-state index contributed by atoms with van der Waals surface area (Å²) in [6, 6.07) is 39.5. The van der Waals surface area contributed by atoms with E-state index in [2.05, 4.69) is 115 Å². The highest BCUT2D eigenvalue weighted by molar-refractivity contribution is 7.15. The molecule has 0 amide bonds. The minimum absolute atomic E-state index is 0.00341. The zero-order chi connectivity index (χ0) is 87.6. The second kappa shape index (κ2) is 39.5. The summed E-state index contributed by atoms with van der Waals surface area (Å²) >= 11 is 4.17. The van der Waals surface area contributed by atoms with Crippen molar-refractivity contribution in [3.8, 4) is 102 Å². The molecule has 3 aromatic carbocycles. The fourth-order valence-corrected chi connectivity index (χ4v) is 14.1. The lowest BCUT2D eigenvalue weighted by Gasteiger charge is -2.32.